The standard InChI is InChI=1S/C6H14O5S2/c1-12(7,8)11-5-6-3-2-4-13(6,9)10/h6,9-10H,2-5H2,1H3. The van der Waals surface area contributed by atoms with Crippen molar-refractivity contribution in [2.75, 3.05) is 18.6 Å². The van der Waals surface area contributed by atoms with Gasteiger partial charge in [-0.3, -0.25) is 13.3 Å². The summed E-state index contributed by atoms with van der Waals surface area (Å²) in [6, 6.07) is 0. The molecule has 1 fully saturated rings. The van der Waals surface area contributed by atoms with Gasteiger partial charge in [-0.15, -0.1) is 0 Å². The zero-order valence-electron chi connectivity index (χ0n) is 7.34. The van der Waals surface area contributed by atoms with Crippen LogP contribution in [0.5, 0.6) is 0 Å². The van der Waals surface area contributed by atoms with Gasteiger partial charge in [-0.05, 0) is 12.8 Å². The van der Waals surface area contributed by atoms with E-state index in [9.17, 15) is 17.5 Å². The fourth-order valence-electron chi connectivity index (χ4n) is 1.27. The van der Waals surface area contributed by atoms with Crippen LogP contribution in [0.15, 0.2) is 0 Å². The number of hydrogen-bond donors (Lipinski definition) is 2. The Hall–Kier alpha value is 0.180. The van der Waals surface area contributed by atoms with Gasteiger partial charge in [0.2, 0.25) is 0 Å². The first kappa shape index (κ1) is 11.3. The third kappa shape index (κ3) is 3.43. The average Bonchev–Trinajstić information content (AvgIpc) is 2.23. The molecular formula is C6H14O5S2. The van der Waals surface area contributed by atoms with Gasteiger partial charge in [-0.25, -0.2) is 0 Å². The van der Waals surface area contributed by atoms with Gasteiger partial charge in [0.1, 0.15) is 0 Å². The highest BCUT2D eigenvalue weighted by Crippen LogP contribution is 2.52. The lowest BCUT2D eigenvalue weighted by atomic mass is 10.3. The van der Waals surface area contributed by atoms with E-state index in [1.54, 1.807) is 0 Å². The SMILES string of the molecule is CS(=O)(=O)OCC1CCCS1(O)O. The predicted octanol–water partition coefficient (Wildman–Crippen LogP) is 0.876. The minimum absolute atomic E-state index is 0.110. The highest BCUT2D eigenvalue weighted by molar-refractivity contribution is 8.25. The van der Waals surface area contributed by atoms with Gasteiger partial charge in [0.25, 0.3) is 10.1 Å². The van der Waals surface area contributed by atoms with Gasteiger partial charge in [0.05, 0.1) is 18.1 Å². The van der Waals surface area contributed by atoms with Crippen molar-refractivity contribution in [1.82, 2.24) is 0 Å². The molecule has 1 aliphatic heterocycles. The Morgan fingerprint density at radius 3 is 2.54 bits per heavy atom. The lowest BCUT2D eigenvalue weighted by molar-refractivity contribution is 0.310. The minimum Gasteiger partial charge on any atom is -0.299 e. The molecule has 0 aromatic carbocycles. The molecule has 0 aromatic heterocycles. The molecule has 0 amide bonds. The van der Waals surface area contributed by atoms with Crippen LogP contribution in [0.3, 0.4) is 0 Å². The van der Waals surface area contributed by atoms with E-state index >= 15 is 0 Å². The summed E-state index contributed by atoms with van der Waals surface area (Å²) >= 11 is 0. The predicted molar refractivity (Wildman–Crippen MR) is 51.5 cm³/mol. The first-order valence-electron chi connectivity index (χ1n) is 3.90. The fourth-order valence-corrected chi connectivity index (χ4v) is 3.52. The van der Waals surface area contributed by atoms with Crippen LogP contribution in [0.2, 0.25) is 0 Å². The van der Waals surface area contributed by atoms with E-state index in [1.165, 1.54) is 0 Å². The summed E-state index contributed by atoms with van der Waals surface area (Å²) in [4.78, 5) is 0. The monoisotopic (exact) mass is 230 g/mol. The average molecular weight is 230 g/mol. The summed E-state index contributed by atoms with van der Waals surface area (Å²) in [5.74, 6) is 0.366. The molecule has 0 spiro atoms. The van der Waals surface area contributed by atoms with Crippen molar-refractivity contribution in [3.05, 3.63) is 0 Å². The molecule has 1 aliphatic rings. The van der Waals surface area contributed by atoms with E-state index in [4.69, 9.17) is 0 Å². The largest absolute Gasteiger partial charge is 0.299 e. The Bertz CT molecular complexity index is 271. The second-order valence-electron chi connectivity index (χ2n) is 3.17. The normalized spacial score (nSPS) is 30.2. The maximum atomic E-state index is 10.6. The molecular weight excluding hydrogens is 216 g/mol. The van der Waals surface area contributed by atoms with Crippen molar-refractivity contribution < 1.29 is 21.7 Å². The summed E-state index contributed by atoms with van der Waals surface area (Å²) in [5.41, 5.74) is 0. The molecule has 13 heavy (non-hydrogen) atoms. The van der Waals surface area contributed by atoms with Gasteiger partial charge in [0.15, 0.2) is 0 Å². The summed E-state index contributed by atoms with van der Waals surface area (Å²) in [6.07, 6.45) is 2.30. The van der Waals surface area contributed by atoms with Crippen molar-refractivity contribution in [2.24, 2.45) is 0 Å². The first-order chi connectivity index (χ1) is 5.81. The molecule has 0 aromatic rings. The van der Waals surface area contributed by atoms with Crippen molar-refractivity contribution in [3.8, 4) is 0 Å². The molecule has 0 saturated carbocycles. The van der Waals surface area contributed by atoms with Gasteiger partial charge >= 0.3 is 0 Å². The van der Waals surface area contributed by atoms with Crippen LogP contribution in [0, 0.1) is 0 Å². The second kappa shape index (κ2) is 3.74. The molecule has 1 unspecified atom stereocenters. The molecule has 0 radical (unpaired) electrons. The second-order valence-corrected chi connectivity index (χ2v) is 7.33. The minimum atomic E-state index is -3.47. The van der Waals surface area contributed by atoms with Crippen LogP contribution >= 0.6 is 10.6 Å². The number of hydrogen-bond acceptors (Lipinski definition) is 5. The summed E-state index contributed by atoms with van der Waals surface area (Å²) < 4.78 is 44.6. The molecule has 2 N–H and O–H groups in total. The smallest absolute Gasteiger partial charge is 0.264 e. The van der Waals surface area contributed by atoms with Gasteiger partial charge in [0, 0.05) is 5.75 Å². The third-order valence-electron chi connectivity index (χ3n) is 1.97. The Kier molecular flexibility index (Phi) is 3.24. The van der Waals surface area contributed by atoms with E-state index in [-0.39, 0.29) is 6.61 Å². The number of rotatable bonds is 3. The Balaban J connectivity index is 2.46. The molecule has 5 nitrogen and oxygen atoms in total. The highest BCUT2D eigenvalue weighted by atomic mass is 32.3. The van der Waals surface area contributed by atoms with E-state index in [1.807, 2.05) is 0 Å². The molecule has 80 valence electrons. The Morgan fingerprint density at radius 1 is 1.54 bits per heavy atom. The van der Waals surface area contributed by atoms with Crippen LogP contribution in [-0.2, 0) is 14.3 Å². The van der Waals surface area contributed by atoms with Gasteiger partial charge in [-0.2, -0.15) is 19.0 Å². The van der Waals surface area contributed by atoms with Crippen LogP contribution in [0.25, 0.3) is 0 Å². The van der Waals surface area contributed by atoms with Crippen LogP contribution < -0.4 is 0 Å². The van der Waals surface area contributed by atoms with Gasteiger partial charge < -0.3 is 0 Å². The quantitative estimate of drug-likeness (QED) is 0.703. The topological polar surface area (TPSA) is 83.8 Å². The maximum Gasteiger partial charge on any atom is 0.264 e. The zero-order valence-corrected chi connectivity index (χ0v) is 8.97. The highest BCUT2D eigenvalue weighted by Gasteiger charge is 2.32. The molecule has 7 heteroatoms. The van der Waals surface area contributed by atoms with Crippen molar-refractivity contribution in [1.29, 1.82) is 0 Å². The Morgan fingerprint density at radius 2 is 2.15 bits per heavy atom. The zero-order chi connectivity index (χ0) is 10.1. The fraction of sp³-hybridized carbons (Fsp3) is 1.00. The lowest BCUT2D eigenvalue weighted by Crippen LogP contribution is -2.21. The summed E-state index contributed by atoms with van der Waals surface area (Å²) in [5, 5.41) is -0.415. The Labute approximate surface area is 79.6 Å². The van der Waals surface area contributed by atoms with Crippen LogP contribution in [0.1, 0.15) is 12.8 Å². The van der Waals surface area contributed by atoms with E-state index in [2.05, 4.69) is 4.18 Å². The molecule has 1 heterocycles. The van der Waals surface area contributed by atoms with Crippen LogP contribution in [-0.4, -0.2) is 41.4 Å². The molecule has 0 aliphatic carbocycles. The van der Waals surface area contributed by atoms with E-state index in [0.717, 1.165) is 12.7 Å². The summed E-state index contributed by atoms with van der Waals surface area (Å²) in [7, 11) is -6.07. The van der Waals surface area contributed by atoms with E-state index in [0.29, 0.717) is 12.2 Å². The molecule has 1 rings (SSSR count). The van der Waals surface area contributed by atoms with Crippen molar-refractivity contribution >= 4 is 20.7 Å². The first-order valence-corrected chi connectivity index (χ1v) is 7.50. The van der Waals surface area contributed by atoms with Crippen LogP contribution in [0.4, 0.5) is 0 Å². The lowest BCUT2D eigenvalue weighted by Gasteiger charge is -2.33. The third-order valence-corrected chi connectivity index (χ3v) is 4.87. The van der Waals surface area contributed by atoms with Crippen molar-refractivity contribution in [2.45, 2.75) is 18.1 Å². The van der Waals surface area contributed by atoms with Gasteiger partial charge in [-0.1, -0.05) is 0 Å². The van der Waals surface area contributed by atoms with E-state index < -0.39 is 26.0 Å². The molecule has 1 atom stereocenters. The maximum absolute atomic E-state index is 10.6. The van der Waals surface area contributed by atoms with Crippen molar-refractivity contribution in [3.63, 3.8) is 0 Å². The molecule has 0 bridgehead atoms. The summed E-state index contributed by atoms with van der Waals surface area (Å²) in [6.45, 7) is -0.110. The molecule has 1 saturated heterocycles.